The quantitative estimate of drug-likeness (QED) is 0.679. The second-order valence-electron chi connectivity index (χ2n) is 5.59. The second-order valence-corrected chi connectivity index (χ2v) is 5.59. The molecule has 26 heavy (non-hydrogen) atoms. The lowest BCUT2D eigenvalue weighted by molar-refractivity contribution is 0.324. The second kappa shape index (κ2) is 7.69. The van der Waals surface area contributed by atoms with Crippen molar-refractivity contribution < 1.29 is 14.2 Å². The van der Waals surface area contributed by atoms with Gasteiger partial charge in [0.1, 0.15) is 0 Å². The molecule has 3 rings (SSSR count). The predicted octanol–water partition coefficient (Wildman–Crippen LogP) is 2.90. The molecule has 0 amide bonds. The van der Waals surface area contributed by atoms with Crippen LogP contribution in [0.5, 0.6) is 17.2 Å². The molecule has 0 fully saturated rings. The molecule has 0 unspecified atom stereocenters. The van der Waals surface area contributed by atoms with E-state index < -0.39 is 0 Å². The third-order valence-corrected chi connectivity index (χ3v) is 3.98. The summed E-state index contributed by atoms with van der Waals surface area (Å²) in [6, 6.07) is 13.7. The highest BCUT2D eigenvalue weighted by molar-refractivity contribution is 5.60. The van der Waals surface area contributed by atoms with Crippen LogP contribution in [-0.4, -0.2) is 31.0 Å². The minimum Gasteiger partial charge on any atom is -0.493 e. The first-order valence-corrected chi connectivity index (χ1v) is 8.09. The Morgan fingerprint density at radius 3 is 2.23 bits per heavy atom. The fourth-order valence-corrected chi connectivity index (χ4v) is 2.68. The molecule has 3 N–H and O–H groups in total. The SMILES string of the molecule is COc1cc(CNn2cc(-c3ccccc3)nc2N)cc(OC)c1OC. The van der Waals surface area contributed by atoms with Crippen LogP contribution in [0.2, 0.25) is 0 Å². The molecule has 136 valence electrons. The van der Waals surface area contributed by atoms with Crippen LogP contribution in [-0.2, 0) is 6.54 Å². The Morgan fingerprint density at radius 2 is 1.65 bits per heavy atom. The van der Waals surface area contributed by atoms with Gasteiger partial charge in [0, 0.05) is 5.56 Å². The van der Waals surface area contributed by atoms with Gasteiger partial charge in [-0.05, 0) is 17.7 Å². The van der Waals surface area contributed by atoms with Crippen molar-refractivity contribution in [2.45, 2.75) is 6.54 Å². The highest BCUT2D eigenvalue weighted by Gasteiger charge is 2.13. The average molecular weight is 354 g/mol. The zero-order valence-corrected chi connectivity index (χ0v) is 15.0. The summed E-state index contributed by atoms with van der Waals surface area (Å²) in [5.41, 5.74) is 12.0. The first-order chi connectivity index (χ1) is 12.7. The number of nitrogens with two attached hydrogens (primary N) is 1. The van der Waals surface area contributed by atoms with E-state index in [2.05, 4.69) is 10.4 Å². The Kier molecular flexibility index (Phi) is 5.17. The number of aromatic nitrogens is 2. The molecular weight excluding hydrogens is 332 g/mol. The predicted molar refractivity (Wildman–Crippen MR) is 101 cm³/mol. The number of hydrogen-bond donors (Lipinski definition) is 2. The molecule has 1 aromatic heterocycles. The minimum absolute atomic E-state index is 0.385. The smallest absolute Gasteiger partial charge is 0.219 e. The molecule has 0 atom stereocenters. The van der Waals surface area contributed by atoms with Gasteiger partial charge < -0.3 is 25.4 Å². The lowest BCUT2D eigenvalue weighted by atomic mass is 10.2. The third kappa shape index (κ3) is 3.51. The molecule has 0 bridgehead atoms. The molecular formula is C19H22N4O3. The first kappa shape index (κ1) is 17.5. The minimum atomic E-state index is 0.385. The first-order valence-electron chi connectivity index (χ1n) is 8.09. The Balaban J connectivity index is 1.80. The number of hydrogen-bond acceptors (Lipinski definition) is 6. The van der Waals surface area contributed by atoms with Crippen LogP contribution in [0, 0.1) is 0 Å². The van der Waals surface area contributed by atoms with Gasteiger partial charge in [-0.1, -0.05) is 30.3 Å². The molecule has 0 spiro atoms. The number of anilines is 1. The van der Waals surface area contributed by atoms with Crippen LogP contribution in [0.4, 0.5) is 5.95 Å². The highest BCUT2D eigenvalue weighted by Crippen LogP contribution is 2.38. The topological polar surface area (TPSA) is 83.6 Å². The molecule has 0 aliphatic rings. The fourth-order valence-electron chi connectivity index (χ4n) is 2.68. The van der Waals surface area contributed by atoms with Gasteiger partial charge in [-0.3, -0.25) is 0 Å². The van der Waals surface area contributed by atoms with Gasteiger partial charge in [-0.2, -0.15) is 0 Å². The van der Waals surface area contributed by atoms with Crippen molar-refractivity contribution in [2.24, 2.45) is 0 Å². The maximum atomic E-state index is 6.02. The normalized spacial score (nSPS) is 10.4. The van der Waals surface area contributed by atoms with E-state index in [0.29, 0.717) is 29.7 Å². The van der Waals surface area contributed by atoms with Crippen molar-refractivity contribution in [2.75, 3.05) is 32.5 Å². The van der Waals surface area contributed by atoms with Gasteiger partial charge in [-0.15, -0.1) is 0 Å². The average Bonchev–Trinajstić information content (AvgIpc) is 3.06. The molecule has 0 saturated carbocycles. The molecule has 7 heteroatoms. The largest absolute Gasteiger partial charge is 0.493 e. The maximum Gasteiger partial charge on any atom is 0.219 e. The number of nitrogen functional groups attached to an aromatic ring is 1. The number of rotatable bonds is 7. The van der Waals surface area contributed by atoms with Crippen LogP contribution in [0.3, 0.4) is 0 Å². The number of nitrogens with one attached hydrogen (secondary N) is 1. The van der Waals surface area contributed by atoms with Gasteiger partial charge in [0.25, 0.3) is 0 Å². The van der Waals surface area contributed by atoms with Crippen LogP contribution < -0.4 is 25.4 Å². The van der Waals surface area contributed by atoms with Crippen molar-refractivity contribution in [3.63, 3.8) is 0 Å². The van der Waals surface area contributed by atoms with Crippen LogP contribution in [0.15, 0.2) is 48.7 Å². The van der Waals surface area contributed by atoms with Crippen molar-refractivity contribution in [3.05, 3.63) is 54.2 Å². The maximum absolute atomic E-state index is 6.02. The Bertz CT molecular complexity index is 853. The zero-order chi connectivity index (χ0) is 18.5. The van der Waals surface area contributed by atoms with Crippen LogP contribution in [0.25, 0.3) is 11.3 Å². The van der Waals surface area contributed by atoms with Gasteiger partial charge in [0.05, 0.1) is 39.8 Å². The fraction of sp³-hybridized carbons (Fsp3) is 0.211. The van der Waals surface area contributed by atoms with Crippen molar-refractivity contribution in [3.8, 4) is 28.5 Å². The summed E-state index contributed by atoms with van der Waals surface area (Å²) in [6.07, 6.45) is 1.86. The number of benzene rings is 2. The monoisotopic (exact) mass is 354 g/mol. The summed E-state index contributed by atoms with van der Waals surface area (Å²) in [7, 11) is 4.76. The molecule has 1 heterocycles. The molecule has 7 nitrogen and oxygen atoms in total. The number of nitrogens with zero attached hydrogens (tertiary/aromatic N) is 2. The van der Waals surface area contributed by atoms with E-state index >= 15 is 0 Å². The van der Waals surface area contributed by atoms with E-state index in [1.54, 1.807) is 26.0 Å². The summed E-state index contributed by atoms with van der Waals surface area (Å²) in [5, 5.41) is 0. The standard InChI is InChI=1S/C19H22N4O3/c1-24-16-9-13(10-17(25-2)18(16)26-3)11-21-23-12-15(22-19(23)20)14-7-5-4-6-8-14/h4-10,12,21H,11H2,1-3H3,(H2,20,22). The van der Waals surface area contributed by atoms with E-state index in [-0.39, 0.29) is 0 Å². The summed E-state index contributed by atoms with van der Waals surface area (Å²) in [5.74, 6) is 2.16. The van der Waals surface area contributed by atoms with Gasteiger partial charge in [-0.25, -0.2) is 9.66 Å². The third-order valence-electron chi connectivity index (χ3n) is 3.98. The van der Waals surface area contributed by atoms with Crippen LogP contribution in [0.1, 0.15) is 5.56 Å². The summed E-state index contributed by atoms with van der Waals surface area (Å²) >= 11 is 0. The molecule has 0 aliphatic heterocycles. The highest BCUT2D eigenvalue weighted by atomic mass is 16.5. The Hall–Kier alpha value is -3.35. The summed E-state index contributed by atoms with van der Waals surface area (Å²) < 4.78 is 17.8. The van der Waals surface area contributed by atoms with E-state index in [0.717, 1.165) is 16.8 Å². The van der Waals surface area contributed by atoms with Gasteiger partial charge in [0.15, 0.2) is 11.5 Å². The van der Waals surface area contributed by atoms with E-state index in [1.807, 2.05) is 48.7 Å². The van der Waals surface area contributed by atoms with Crippen LogP contribution >= 0.6 is 0 Å². The Morgan fingerprint density at radius 1 is 1.00 bits per heavy atom. The molecule has 0 radical (unpaired) electrons. The summed E-state index contributed by atoms with van der Waals surface area (Å²) in [4.78, 5) is 4.40. The number of imidazole rings is 1. The molecule has 0 aliphatic carbocycles. The number of ether oxygens (including phenoxy) is 3. The molecule has 0 saturated heterocycles. The lowest BCUT2D eigenvalue weighted by Crippen LogP contribution is -2.16. The van der Waals surface area contributed by atoms with E-state index in [1.165, 1.54) is 0 Å². The van der Waals surface area contributed by atoms with Crippen molar-refractivity contribution in [1.82, 2.24) is 9.66 Å². The van der Waals surface area contributed by atoms with Crippen molar-refractivity contribution >= 4 is 5.95 Å². The van der Waals surface area contributed by atoms with E-state index in [4.69, 9.17) is 19.9 Å². The van der Waals surface area contributed by atoms with Crippen molar-refractivity contribution in [1.29, 1.82) is 0 Å². The molecule has 2 aromatic carbocycles. The Labute approximate surface area is 152 Å². The van der Waals surface area contributed by atoms with Gasteiger partial charge in [0.2, 0.25) is 11.7 Å². The lowest BCUT2D eigenvalue weighted by Gasteiger charge is -2.15. The van der Waals surface area contributed by atoms with E-state index in [9.17, 15) is 0 Å². The summed E-state index contributed by atoms with van der Waals surface area (Å²) in [6.45, 7) is 0.505. The zero-order valence-electron chi connectivity index (χ0n) is 15.0. The van der Waals surface area contributed by atoms with Gasteiger partial charge >= 0.3 is 0 Å². The number of methoxy groups -OCH3 is 3. The molecule has 3 aromatic rings.